The van der Waals surface area contributed by atoms with Gasteiger partial charge in [-0.05, 0) is 18.2 Å². The van der Waals surface area contributed by atoms with Crippen LogP contribution in [0.25, 0.3) is 0 Å². The molecule has 11 heteroatoms. The van der Waals surface area contributed by atoms with E-state index in [0.29, 0.717) is 55.6 Å². The molecule has 33 heavy (non-hydrogen) atoms. The highest BCUT2D eigenvalue weighted by Gasteiger charge is 2.33. The lowest BCUT2D eigenvalue weighted by Gasteiger charge is -2.36. The summed E-state index contributed by atoms with van der Waals surface area (Å²) in [5, 5.41) is 3.10. The molecule has 0 spiro atoms. The van der Waals surface area contributed by atoms with Crippen LogP contribution in [-0.4, -0.2) is 79.8 Å². The van der Waals surface area contributed by atoms with E-state index in [0.717, 1.165) is 0 Å². The van der Waals surface area contributed by atoms with Crippen molar-refractivity contribution in [3.05, 3.63) is 24.0 Å². The van der Waals surface area contributed by atoms with Gasteiger partial charge in [0.05, 0.1) is 29.5 Å². The van der Waals surface area contributed by atoms with Gasteiger partial charge in [-0.3, -0.25) is 14.5 Å². The third-order valence-corrected chi connectivity index (χ3v) is 6.13. The number of carbonyl (C=O) groups is 3. The molecule has 1 unspecified atom stereocenters. The summed E-state index contributed by atoms with van der Waals surface area (Å²) in [7, 11) is 0. The Balaban J connectivity index is 1.56. The maximum Gasteiger partial charge on any atom is 0.414 e. The summed E-state index contributed by atoms with van der Waals surface area (Å²) in [4.78, 5) is 40.8. The van der Waals surface area contributed by atoms with Crippen LogP contribution in [0.5, 0.6) is 0 Å². The second-order valence-corrected chi connectivity index (χ2v) is 8.74. The molecule has 9 nitrogen and oxygen atoms in total. The molecule has 2 aliphatic rings. The maximum absolute atomic E-state index is 14.9. The van der Waals surface area contributed by atoms with Gasteiger partial charge in [0, 0.05) is 39.0 Å². The molecule has 0 aliphatic carbocycles. The Bertz CT molecular complexity index is 920. The number of nitrogens with one attached hydrogen (secondary N) is 1. The summed E-state index contributed by atoms with van der Waals surface area (Å²) in [6.07, 6.45) is -0.904. The van der Waals surface area contributed by atoms with E-state index in [1.807, 2.05) is 18.7 Å². The van der Waals surface area contributed by atoms with Crippen molar-refractivity contribution in [1.82, 2.24) is 10.2 Å². The number of halogens is 1. The topological polar surface area (TPSA) is 91.4 Å². The van der Waals surface area contributed by atoms with Gasteiger partial charge < -0.3 is 24.6 Å². The number of anilines is 2. The van der Waals surface area contributed by atoms with Crippen LogP contribution in [0.2, 0.25) is 0 Å². The fraction of sp³-hybridized carbons (Fsp3) is 0.545. The molecule has 1 aromatic rings. The number of piperazine rings is 1. The summed E-state index contributed by atoms with van der Waals surface area (Å²) in [6, 6.07) is 4.64. The highest BCUT2D eigenvalue weighted by molar-refractivity contribution is 7.80. The van der Waals surface area contributed by atoms with Gasteiger partial charge in [0.15, 0.2) is 6.61 Å². The van der Waals surface area contributed by atoms with E-state index < -0.39 is 17.9 Å². The molecule has 1 atom stereocenters. The first kappa shape index (κ1) is 24.7. The van der Waals surface area contributed by atoms with E-state index in [4.69, 9.17) is 21.7 Å². The van der Waals surface area contributed by atoms with E-state index in [1.165, 1.54) is 17.9 Å². The van der Waals surface area contributed by atoms with E-state index in [9.17, 15) is 18.8 Å². The molecule has 0 aromatic heterocycles. The Hall–Kier alpha value is -2.95. The molecule has 180 valence electrons. The molecule has 3 rings (SSSR count). The zero-order chi connectivity index (χ0) is 24.1. The largest absolute Gasteiger partial charge is 0.456 e. The second-order valence-electron chi connectivity index (χ2n) is 8.30. The zero-order valence-electron chi connectivity index (χ0n) is 19.0. The van der Waals surface area contributed by atoms with Crippen LogP contribution in [0.3, 0.4) is 0 Å². The monoisotopic (exact) mass is 480 g/mol. The molecule has 2 aliphatic heterocycles. The van der Waals surface area contributed by atoms with Crippen molar-refractivity contribution in [2.24, 2.45) is 5.92 Å². The number of benzene rings is 1. The Morgan fingerprint density at radius 3 is 2.58 bits per heavy atom. The van der Waals surface area contributed by atoms with Gasteiger partial charge >= 0.3 is 12.1 Å². The molecule has 0 radical (unpaired) electrons. The molecule has 2 fully saturated rings. The normalized spacial score (nSPS) is 18.4. The van der Waals surface area contributed by atoms with Crippen molar-refractivity contribution in [2.45, 2.75) is 26.9 Å². The summed E-state index contributed by atoms with van der Waals surface area (Å²) in [5.74, 6) is -1.04. The van der Waals surface area contributed by atoms with E-state index in [-0.39, 0.29) is 24.5 Å². The fourth-order valence-corrected chi connectivity index (χ4v) is 3.71. The van der Waals surface area contributed by atoms with Gasteiger partial charge in [-0.25, -0.2) is 9.18 Å². The Kier molecular flexibility index (Phi) is 8.06. The van der Waals surface area contributed by atoms with Crippen LogP contribution in [0.15, 0.2) is 18.2 Å². The third kappa shape index (κ3) is 6.31. The minimum Gasteiger partial charge on any atom is -0.456 e. The predicted octanol–water partition coefficient (Wildman–Crippen LogP) is 1.94. The van der Waals surface area contributed by atoms with Gasteiger partial charge in [-0.15, -0.1) is 0 Å². The van der Waals surface area contributed by atoms with Crippen LogP contribution in [-0.2, 0) is 19.1 Å². The second kappa shape index (κ2) is 10.8. The summed E-state index contributed by atoms with van der Waals surface area (Å²) < 4.78 is 25.1. The van der Waals surface area contributed by atoms with Crippen LogP contribution in [0.1, 0.15) is 20.8 Å². The smallest absolute Gasteiger partial charge is 0.414 e. The van der Waals surface area contributed by atoms with Crippen LogP contribution in [0.4, 0.5) is 20.6 Å². The Labute approximate surface area is 197 Å². The minimum absolute atomic E-state index is 0.198. The molecule has 2 saturated heterocycles. The Morgan fingerprint density at radius 2 is 1.97 bits per heavy atom. The molecule has 2 amide bonds. The van der Waals surface area contributed by atoms with Crippen molar-refractivity contribution in [1.29, 1.82) is 0 Å². The minimum atomic E-state index is -0.524. The number of nitrogens with zero attached hydrogens (tertiary/aromatic N) is 3. The SMILES string of the molecule is CC(=O)OCC(=O)N1CCN(c2ccc(N3CC(CNC(=S)C(C)C)OC3=O)cc2F)CC1. The van der Waals surface area contributed by atoms with Gasteiger partial charge in [0.25, 0.3) is 5.91 Å². The van der Waals surface area contributed by atoms with E-state index in [1.54, 1.807) is 17.0 Å². The summed E-state index contributed by atoms with van der Waals surface area (Å²) in [6.45, 7) is 7.30. The highest BCUT2D eigenvalue weighted by Crippen LogP contribution is 2.28. The molecule has 1 N–H and O–H groups in total. The number of ether oxygens (including phenoxy) is 2. The van der Waals surface area contributed by atoms with Crippen molar-refractivity contribution in [3.63, 3.8) is 0 Å². The first-order valence-corrected chi connectivity index (χ1v) is 11.3. The van der Waals surface area contributed by atoms with Crippen LogP contribution >= 0.6 is 12.2 Å². The van der Waals surface area contributed by atoms with Crippen molar-refractivity contribution >= 4 is 46.6 Å². The first-order valence-electron chi connectivity index (χ1n) is 10.9. The van der Waals surface area contributed by atoms with Gasteiger partial charge in [-0.2, -0.15) is 0 Å². The number of cyclic esters (lactones) is 1. The molecule has 0 saturated carbocycles. The molecule has 2 heterocycles. The molecule has 1 aromatic carbocycles. The predicted molar refractivity (Wildman–Crippen MR) is 125 cm³/mol. The average molecular weight is 481 g/mol. The van der Waals surface area contributed by atoms with Crippen molar-refractivity contribution in [3.8, 4) is 0 Å². The highest BCUT2D eigenvalue weighted by atomic mass is 32.1. The molecular weight excluding hydrogens is 451 g/mol. The fourth-order valence-electron chi connectivity index (χ4n) is 3.63. The van der Waals surface area contributed by atoms with Crippen molar-refractivity contribution in [2.75, 3.05) is 55.7 Å². The number of rotatable bonds is 7. The quantitative estimate of drug-likeness (QED) is 0.468. The molecular formula is C22H29FN4O5S. The van der Waals surface area contributed by atoms with Gasteiger partial charge in [0.2, 0.25) is 0 Å². The lowest BCUT2D eigenvalue weighted by molar-refractivity contribution is -0.150. The molecule has 0 bridgehead atoms. The summed E-state index contributed by atoms with van der Waals surface area (Å²) in [5.41, 5.74) is 0.823. The lowest BCUT2D eigenvalue weighted by atomic mass is 10.2. The number of hydrogen-bond acceptors (Lipinski definition) is 7. The van der Waals surface area contributed by atoms with E-state index >= 15 is 0 Å². The lowest BCUT2D eigenvalue weighted by Crippen LogP contribution is -2.50. The van der Waals surface area contributed by atoms with Gasteiger partial charge in [0.1, 0.15) is 11.9 Å². The van der Waals surface area contributed by atoms with Crippen LogP contribution in [0, 0.1) is 11.7 Å². The number of esters is 1. The Morgan fingerprint density at radius 1 is 1.27 bits per heavy atom. The van der Waals surface area contributed by atoms with Crippen LogP contribution < -0.4 is 15.1 Å². The van der Waals surface area contributed by atoms with E-state index in [2.05, 4.69) is 5.32 Å². The third-order valence-electron chi connectivity index (χ3n) is 5.52. The number of thiocarbonyl (C=S) groups is 1. The average Bonchev–Trinajstić information content (AvgIpc) is 3.16. The number of carbonyl (C=O) groups excluding carboxylic acids is 3. The summed E-state index contributed by atoms with van der Waals surface area (Å²) >= 11 is 5.24. The zero-order valence-corrected chi connectivity index (χ0v) is 19.8. The number of amides is 2. The standard InChI is InChI=1S/C22H29FN4O5S/c1-14(2)21(33)24-11-17-12-27(22(30)32-17)16-4-5-19(18(23)10-16)25-6-8-26(9-7-25)20(29)13-31-15(3)28/h4-5,10,14,17H,6-9,11-13H2,1-3H3,(H,24,33). The maximum atomic E-state index is 14.9. The van der Waals surface area contributed by atoms with Gasteiger partial charge in [-0.1, -0.05) is 26.1 Å². The first-order chi connectivity index (χ1) is 15.7. The number of hydrogen-bond donors (Lipinski definition) is 1. The van der Waals surface area contributed by atoms with Crippen molar-refractivity contribution < 1.29 is 28.2 Å².